The molecule has 4 heterocycles. The summed E-state index contributed by atoms with van der Waals surface area (Å²) in [7, 11) is -1.37. The average molecular weight is 691 g/mol. The van der Waals surface area contributed by atoms with E-state index >= 15 is 0 Å². The van der Waals surface area contributed by atoms with Crippen LogP contribution in [-0.2, 0) is 22.4 Å². The molecule has 1 aliphatic carbocycles. The molecule has 11 nitrogen and oxygen atoms in total. The molecule has 0 spiro atoms. The van der Waals surface area contributed by atoms with Gasteiger partial charge in [0.2, 0.25) is 5.95 Å². The molecule has 2 atom stereocenters. The number of anilines is 1. The number of nitrogens with zero attached hydrogens (tertiary/aromatic N) is 6. The van der Waals surface area contributed by atoms with E-state index in [1.54, 1.807) is 50.6 Å². The lowest BCUT2D eigenvalue weighted by Gasteiger charge is -2.25. The number of hydrogen-bond acceptors (Lipinski definition) is 10. The van der Waals surface area contributed by atoms with Gasteiger partial charge < -0.3 is 24.7 Å². The Hall–Kier alpha value is -3.63. The molecule has 1 fully saturated rings. The van der Waals surface area contributed by atoms with Crippen LogP contribution in [0.25, 0.3) is 33.0 Å². The average Bonchev–Trinajstić information content (AvgIpc) is 3.67. The van der Waals surface area contributed by atoms with Gasteiger partial charge in [-0.15, -0.1) is 0 Å². The predicted octanol–water partition coefficient (Wildman–Crippen LogP) is 7.51. The Bertz CT molecular complexity index is 1730. The number of rotatable bonds is 10. The SMILES string of the molecule is Cc1nsc(-c2ccc3c(-c4nc(N[C@H]5CCC[C@@H]5NC(=O)OC(C)(C)C)ncc4C(F)(F)F)cn(COCC[Si](C)(C)C)c3n2)n1. The van der Waals surface area contributed by atoms with Gasteiger partial charge in [-0.1, -0.05) is 19.6 Å². The molecule has 4 aromatic heterocycles. The Morgan fingerprint density at radius 1 is 1.11 bits per heavy atom. The molecule has 1 saturated carbocycles. The summed E-state index contributed by atoms with van der Waals surface area (Å²) in [6, 6.07) is 3.79. The molecule has 0 radical (unpaired) electrons. The maximum atomic E-state index is 14.4. The van der Waals surface area contributed by atoms with Crippen LogP contribution in [0.2, 0.25) is 25.7 Å². The molecule has 0 bridgehead atoms. The van der Waals surface area contributed by atoms with E-state index in [1.807, 2.05) is 0 Å². The molecule has 0 unspecified atom stereocenters. The first-order chi connectivity index (χ1) is 22.0. The number of nitrogens with one attached hydrogen (secondary N) is 2. The summed E-state index contributed by atoms with van der Waals surface area (Å²) >= 11 is 1.20. The summed E-state index contributed by atoms with van der Waals surface area (Å²) in [6.07, 6.45) is -0.717. The van der Waals surface area contributed by atoms with Gasteiger partial charge in [-0.3, -0.25) is 0 Å². The Balaban J connectivity index is 1.51. The molecule has 254 valence electrons. The Labute approximate surface area is 276 Å². The summed E-state index contributed by atoms with van der Waals surface area (Å²) in [6.45, 7) is 14.5. The van der Waals surface area contributed by atoms with Gasteiger partial charge in [-0.2, -0.15) is 17.5 Å². The Kier molecular flexibility index (Phi) is 9.94. The van der Waals surface area contributed by atoms with Crippen LogP contribution in [0.15, 0.2) is 24.5 Å². The first-order valence-electron chi connectivity index (χ1n) is 15.6. The molecule has 0 saturated heterocycles. The molecular weight excluding hydrogens is 650 g/mol. The third kappa shape index (κ3) is 8.84. The molecule has 0 aromatic carbocycles. The van der Waals surface area contributed by atoms with Gasteiger partial charge in [0.05, 0.1) is 11.7 Å². The highest BCUT2D eigenvalue weighted by Crippen LogP contribution is 2.40. The van der Waals surface area contributed by atoms with Crippen molar-refractivity contribution >= 4 is 42.7 Å². The van der Waals surface area contributed by atoms with E-state index in [-0.39, 0.29) is 36.0 Å². The number of aryl methyl sites for hydroxylation is 1. The minimum absolute atomic E-state index is 0.0251. The van der Waals surface area contributed by atoms with Crippen molar-refractivity contribution in [1.82, 2.24) is 34.2 Å². The van der Waals surface area contributed by atoms with Gasteiger partial charge in [-0.25, -0.2) is 24.7 Å². The number of ether oxygens (including phenoxy) is 2. The van der Waals surface area contributed by atoms with Crippen LogP contribution in [0.1, 0.15) is 51.4 Å². The van der Waals surface area contributed by atoms with E-state index in [0.29, 0.717) is 47.0 Å². The number of carbonyl (C=O) groups excluding carboxylic acids is 1. The van der Waals surface area contributed by atoms with E-state index < -0.39 is 31.5 Å². The number of aromatic nitrogens is 6. The summed E-state index contributed by atoms with van der Waals surface area (Å²) in [5, 5.41) is 7.13. The van der Waals surface area contributed by atoms with Gasteiger partial charge >= 0.3 is 12.3 Å². The topological polar surface area (TPSA) is 129 Å². The second-order valence-corrected chi connectivity index (χ2v) is 20.3. The number of alkyl carbamates (subject to hydrolysis) is 1. The molecule has 1 amide bonds. The van der Waals surface area contributed by atoms with Crippen molar-refractivity contribution in [3.05, 3.63) is 35.9 Å². The fourth-order valence-electron chi connectivity index (χ4n) is 5.31. The van der Waals surface area contributed by atoms with Crippen molar-refractivity contribution < 1.29 is 27.4 Å². The standard InChI is InChI=1S/C31H41F3N8O3SSi/c1-18-36-27(46-41-18)24-12-11-19-20(16-42(26(19)37-24)17-44-13-14-47(5,6)7)25-21(31(32,33)34)15-35-28(40-25)38-22-9-8-10-23(22)39-29(43)45-30(2,3)4/h11-12,15-16,22-23H,8-10,13-14,17H2,1-7H3,(H,39,43)(H,35,38,40)/t22-,23-/m0/s1. The zero-order chi connectivity index (χ0) is 34.1. The second-order valence-electron chi connectivity index (χ2n) is 14.0. The van der Waals surface area contributed by atoms with Crippen molar-refractivity contribution in [2.24, 2.45) is 0 Å². The predicted molar refractivity (Wildman–Crippen MR) is 178 cm³/mol. The molecule has 5 rings (SSSR count). The number of alkyl halides is 3. The van der Waals surface area contributed by atoms with Crippen LogP contribution in [-0.4, -0.2) is 67.3 Å². The van der Waals surface area contributed by atoms with E-state index in [0.717, 1.165) is 18.7 Å². The minimum Gasteiger partial charge on any atom is -0.444 e. The van der Waals surface area contributed by atoms with Gasteiger partial charge in [0.25, 0.3) is 0 Å². The number of hydrogen-bond donors (Lipinski definition) is 2. The van der Waals surface area contributed by atoms with Crippen LogP contribution in [0, 0.1) is 6.92 Å². The maximum absolute atomic E-state index is 14.4. The fraction of sp³-hybridized carbons (Fsp3) is 0.548. The maximum Gasteiger partial charge on any atom is 0.419 e. The van der Waals surface area contributed by atoms with Gasteiger partial charge in [0, 0.05) is 44.1 Å². The van der Waals surface area contributed by atoms with Crippen molar-refractivity contribution in [3.8, 4) is 22.0 Å². The summed E-state index contributed by atoms with van der Waals surface area (Å²) in [4.78, 5) is 30.2. The van der Waals surface area contributed by atoms with Crippen molar-refractivity contribution in [2.75, 3.05) is 11.9 Å². The number of halogens is 3. The summed E-state index contributed by atoms with van der Waals surface area (Å²) in [5.41, 5.74) is -0.674. The third-order valence-corrected chi connectivity index (χ3v) is 10.1. The first kappa shape index (κ1) is 34.7. The lowest BCUT2D eigenvalue weighted by molar-refractivity contribution is -0.137. The molecule has 16 heteroatoms. The van der Waals surface area contributed by atoms with E-state index in [4.69, 9.17) is 14.5 Å². The molecule has 47 heavy (non-hydrogen) atoms. The number of carbonyl (C=O) groups is 1. The first-order valence-corrected chi connectivity index (χ1v) is 20.0. The largest absolute Gasteiger partial charge is 0.444 e. The Morgan fingerprint density at radius 3 is 2.51 bits per heavy atom. The van der Waals surface area contributed by atoms with Crippen LogP contribution in [0.3, 0.4) is 0 Å². The second kappa shape index (κ2) is 13.5. The molecule has 1 aliphatic rings. The van der Waals surface area contributed by atoms with Crippen LogP contribution >= 0.6 is 11.5 Å². The highest BCUT2D eigenvalue weighted by atomic mass is 32.1. The van der Waals surface area contributed by atoms with Crippen LogP contribution in [0.5, 0.6) is 0 Å². The highest BCUT2D eigenvalue weighted by Gasteiger charge is 2.37. The third-order valence-electron chi connectivity index (χ3n) is 7.58. The summed E-state index contributed by atoms with van der Waals surface area (Å²) in [5.74, 6) is 0.636. The van der Waals surface area contributed by atoms with Crippen LogP contribution < -0.4 is 10.6 Å². The summed E-state index contributed by atoms with van der Waals surface area (Å²) < 4.78 is 60.7. The number of amides is 1. The Morgan fingerprint density at radius 2 is 1.85 bits per heavy atom. The fourth-order valence-corrected chi connectivity index (χ4v) is 6.70. The lowest BCUT2D eigenvalue weighted by Crippen LogP contribution is -2.45. The lowest BCUT2D eigenvalue weighted by atomic mass is 10.1. The zero-order valence-corrected chi connectivity index (χ0v) is 29.5. The van der Waals surface area contributed by atoms with E-state index in [2.05, 4.69) is 49.6 Å². The molecule has 2 N–H and O–H groups in total. The molecular formula is C31H41F3N8O3SSi. The number of pyridine rings is 1. The molecule has 0 aliphatic heterocycles. The smallest absolute Gasteiger partial charge is 0.419 e. The normalized spacial score (nSPS) is 17.3. The van der Waals surface area contributed by atoms with Crippen LogP contribution in [0.4, 0.5) is 23.9 Å². The molecule has 4 aromatic rings. The minimum atomic E-state index is -4.72. The van der Waals surface area contributed by atoms with Crippen molar-refractivity contribution in [3.63, 3.8) is 0 Å². The monoisotopic (exact) mass is 690 g/mol. The van der Waals surface area contributed by atoms with Gasteiger partial charge in [-0.05, 0) is 76.7 Å². The highest BCUT2D eigenvalue weighted by molar-refractivity contribution is 7.09. The van der Waals surface area contributed by atoms with E-state index in [1.165, 1.54) is 11.5 Å². The quantitative estimate of drug-likeness (QED) is 0.128. The van der Waals surface area contributed by atoms with Crippen molar-refractivity contribution in [2.45, 2.75) is 103 Å². The van der Waals surface area contributed by atoms with Gasteiger partial charge in [0.15, 0.2) is 5.01 Å². The van der Waals surface area contributed by atoms with E-state index in [9.17, 15) is 18.0 Å². The van der Waals surface area contributed by atoms with Crippen molar-refractivity contribution in [1.29, 1.82) is 0 Å². The zero-order valence-electron chi connectivity index (χ0n) is 27.7. The number of fused-ring (bicyclic) bond motifs is 1. The van der Waals surface area contributed by atoms with Gasteiger partial charge in [0.1, 0.15) is 35.1 Å².